The van der Waals surface area contributed by atoms with Crippen molar-refractivity contribution in [3.63, 3.8) is 0 Å². The number of aromatic amines is 2. The number of methoxy groups -OCH3 is 2. The van der Waals surface area contributed by atoms with E-state index in [2.05, 4.69) is 15.3 Å². The lowest BCUT2D eigenvalue weighted by molar-refractivity contribution is -0.385. The van der Waals surface area contributed by atoms with E-state index in [-0.39, 0.29) is 28.8 Å². The predicted molar refractivity (Wildman–Crippen MR) is 117 cm³/mol. The lowest BCUT2D eigenvalue weighted by Crippen LogP contribution is -2.32. The van der Waals surface area contributed by atoms with E-state index in [0.717, 1.165) is 0 Å². The Labute approximate surface area is 180 Å². The highest BCUT2D eigenvalue weighted by atomic mass is 16.6. The number of H-pyrrole nitrogens is 2. The number of amides is 2. The van der Waals surface area contributed by atoms with Gasteiger partial charge in [-0.15, -0.1) is 0 Å². The predicted octanol–water partition coefficient (Wildman–Crippen LogP) is 2.11. The van der Waals surface area contributed by atoms with E-state index < -0.39 is 22.1 Å². The van der Waals surface area contributed by atoms with Crippen LogP contribution in [0.1, 0.15) is 11.1 Å². The normalized spacial score (nSPS) is 10.6. The maximum absolute atomic E-state index is 12.8. The number of carbonyl (C=O) groups excluding carboxylic acids is 1. The summed E-state index contributed by atoms with van der Waals surface area (Å²) in [5.41, 5.74) is -0.814. The Balaban J connectivity index is 1.98. The second-order valence-corrected chi connectivity index (χ2v) is 6.94. The number of fused-ring (bicyclic) bond motifs is 1. The molecule has 32 heavy (non-hydrogen) atoms. The zero-order valence-electron chi connectivity index (χ0n) is 17.8. The lowest BCUT2D eigenvalue weighted by Gasteiger charge is -2.21. The van der Waals surface area contributed by atoms with Crippen molar-refractivity contribution in [3.8, 4) is 11.5 Å². The number of aromatic nitrogens is 2. The van der Waals surface area contributed by atoms with E-state index in [0.29, 0.717) is 22.7 Å². The third-order valence-electron chi connectivity index (χ3n) is 4.97. The van der Waals surface area contributed by atoms with Gasteiger partial charge in [-0.05, 0) is 19.1 Å². The molecule has 0 saturated heterocycles. The maximum atomic E-state index is 12.8. The standard InChI is InChI=1S/C20H21N5O7/c1-10-12(17-14(8-15(10)25(29)30)21-18(26)19(27)23-17)9-24(2)20(28)22-13-6-5-11(31-3)7-16(13)32-4/h5-8H,9H2,1-4H3,(H,21,26)(H,22,28)(H,23,27). The van der Waals surface area contributed by atoms with E-state index in [1.165, 1.54) is 39.2 Å². The number of hydrogen-bond acceptors (Lipinski definition) is 7. The highest BCUT2D eigenvalue weighted by molar-refractivity contribution is 5.91. The van der Waals surface area contributed by atoms with Gasteiger partial charge in [0.15, 0.2) is 0 Å². The van der Waals surface area contributed by atoms with Gasteiger partial charge in [0.1, 0.15) is 11.5 Å². The van der Waals surface area contributed by atoms with Gasteiger partial charge < -0.3 is 29.7 Å². The molecule has 0 bridgehead atoms. The smallest absolute Gasteiger partial charge is 0.321 e. The number of rotatable bonds is 6. The summed E-state index contributed by atoms with van der Waals surface area (Å²) in [7, 11) is 4.44. The summed E-state index contributed by atoms with van der Waals surface area (Å²) in [6, 6.07) is 5.51. The Morgan fingerprint density at radius 2 is 1.84 bits per heavy atom. The number of nitrogens with zero attached hydrogens (tertiary/aromatic N) is 2. The van der Waals surface area contributed by atoms with Crippen LogP contribution in [0.2, 0.25) is 0 Å². The van der Waals surface area contributed by atoms with Gasteiger partial charge in [0.05, 0.1) is 35.9 Å². The molecule has 2 aromatic carbocycles. The minimum absolute atomic E-state index is 0.0870. The molecule has 0 atom stereocenters. The third-order valence-corrected chi connectivity index (χ3v) is 4.97. The summed E-state index contributed by atoms with van der Waals surface area (Å²) in [6.07, 6.45) is 0. The largest absolute Gasteiger partial charge is 0.497 e. The molecule has 0 spiro atoms. The quantitative estimate of drug-likeness (QED) is 0.299. The van der Waals surface area contributed by atoms with Crippen molar-refractivity contribution >= 4 is 28.4 Å². The molecule has 0 aliphatic carbocycles. The van der Waals surface area contributed by atoms with Crippen molar-refractivity contribution in [2.75, 3.05) is 26.6 Å². The van der Waals surface area contributed by atoms with Crippen molar-refractivity contribution in [1.29, 1.82) is 0 Å². The molecule has 12 heteroatoms. The topological polar surface area (TPSA) is 160 Å². The van der Waals surface area contributed by atoms with Crippen molar-refractivity contribution in [2.45, 2.75) is 13.5 Å². The van der Waals surface area contributed by atoms with Crippen molar-refractivity contribution in [1.82, 2.24) is 14.9 Å². The molecule has 0 saturated carbocycles. The van der Waals surface area contributed by atoms with Gasteiger partial charge in [-0.2, -0.15) is 0 Å². The molecule has 0 fully saturated rings. The summed E-state index contributed by atoms with van der Waals surface area (Å²) in [4.78, 5) is 53.3. The van der Waals surface area contributed by atoms with Gasteiger partial charge in [-0.1, -0.05) is 0 Å². The van der Waals surface area contributed by atoms with Crippen LogP contribution in [0.3, 0.4) is 0 Å². The Bertz CT molecular complexity index is 1330. The van der Waals surface area contributed by atoms with Crippen LogP contribution in [-0.2, 0) is 6.54 Å². The molecular weight excluding hydrogens is 422 g/mol. The van der Waals surface area contributed by atoms with E-state index in [4.69, 9.17) is 9.47 Å². The van der Waals surface area contributed by atoms with E-state index in [1.807, 2.05) is 0 Å². The van der Waals surface area contributed by atoms with Crippen LogP contribution in [0.15, 0.2) is 33.9 Å². The van der Waals surface area contributed by atoms with Gasteiger partial charge in [0.2, 0.25) is 0 Å². The monoisotopic (exact) mass is 443 g/mol. The number of urea groups is 1. The molecule has 168 valence electrons. The van der Waals surface area contributed by atoms with E-state index in [1.54, 1.807) is 18.2 Å². The first-order valence-corrected chi connectivity index (χ1v) is 9.33. The van der Waals surface area contributed by atoms with Crippen LogP contribution in [0.4, 0.5) is 16.2 Å². The number of carbonyl (C=O) groups is 1. The molecule has 0 radical (unpaired) electrons. The van der Waals surface area contributed by atoms with Gasteiger partial charge >= 0.3 is 17.1 Å². The SMILES string of the molecule is COc1ccc(NC(=O)N(C)Cc2c(C)c([N+](=O)[O-])cc3[nH]c(=O)c(=O)[nH]c23)c(OC)c1. The number of hydrogen-bond donors (Lipinski definition) is 3. The van der Waals surface area contributed by atoms with E-state index in [9.17, 15) is 24.5 Å². The van der Waals surface area contributed by atoms with Crippen LogP contribution in [0, 0.1) is 17.0 Å². The molecule has 1 aromatic heterocycles. The van der Waals surface area contributed by atoms with Crippen molar-refractivity contribution in [3.05, 3.63) is 66.2 Å². The zero-order chi connectivity index (χ0) is 23.6. The Hall–Kier alpha value is -4.35. The first-order valence-electron chi connectivity index (χ1n) is 9.33. The van der Waals surface area contributed by atoms with Crippen molar-refractivity contribution in [2.24, 2.45) is 0 Å². The lowest BCUT2D eigenvalue weighted by atomic mass is 10.0. The van der Waals surface area contributed by atoms with Crippen molar-refractivity contribution < 1.29 is 19.2 Å². The number of nitro benzene ring substituents is 1. The fourth-order valence-corrected chi connectivity index (χ4v) is 3.22. The molecule has 12 nitrogen and oxygen atoms in total. The molecule has 0 aliphatic heterocycles. The average Bonchev–Trinajstić information content (AvgIpc) is 2.76. The summed E-state index contributed by atoms with van der Waals surface area (Å²) in [5, 5.41) is 14.2. The van der Waals surface area contributed by atoms with Crippen LogP contribution in [0.5, 0.6) is 11.5 Å². The zero-order valence-corrected chi connectivity index (χ0v) is 17.8. The Morgan fingerprint density at radius 3 is 2.47 bits per heavy atom. The number of anilines is 1. The summed E-state index contributed by atoms with van der Waals surface area (Å²) < 4.78 is 10.4. The highest BCUT2D eigenvalue weighted by Gasteiger charge is 2.22. The minimum atomic E-state index is -0.931. The molecule has 0 unspecified atom stereocenters. The Morgan fingerprint density at radius 1 is 1.16 bits per heavy atom. The molecule has 1 heterocycles. The molecule has 2 amide bonds. The van der Waals surface area contributed by atoms with Gasteiger partial charge in [-0.3, -0.25) is 19.7 Å². The molecule has 3 aromatic rings. The fourth-order valence-electron chi connectivity index (χ4n) is 3.22. The Kier molecular flexibility index (Phi) is 6.14. The van der Waals surface area contributed by atoms with E-state index >= 15 is 0 Å². The molecule has 3 rings (SSSR count). The van der Waals surface area contributed by atoms with Crippen LogP contribution in [-0.4, -0.2) is 47.1 Å². The number of nitro groups is 1. The number of benzene rings is 2. The van der Waals surface area contributed by atoms with Gasteiger partial charge in [-0.25, -0.2) is 4.79 Å². The second-order valence-electron chi connectivity index (χ2n) is 6.94. The number of ether oxygens (including phenoxy) is 2. The highest BCUT2D eigenvalue weighted by Crippen LogP contribution is 2.30. The van der Waals surface area contributed by atoms with Crippen LogP contribution >= 0.6 is 0 Å². The van der Waals surface area contributed by atoms with Crippen LogP contribution in [0.25, 0.3) is 11.0 Å². The van der Waals surface area contributed by atoms with Crippen LogP contribution < -0.4 is 25.9 Å². The van der Waals surface area contributed by atoms with Gasteiger partial charge in [0.25, 0.3) is 5.69 Å². The first-order chi connectivity index (χ1) is 15.2. The average molecular weight is 443 g/mol. The second kappa shape index (κ2) is 8.79. The fraction of sp³-hybridized carbons (Fsp3) is 0.250. The van der Waals surface area contributed by atoms with Gasteiger partial charge in [0, 0.05) is 36.9 Å². The summed E-state index contributed by atoms with van der Waals surface area (Å²) in [5.74, 6) is 0.926. The third kappa shape index (κ3) is 4.24. The minimum Gasteiger partial charge on any atom is -0.497 e. The molecule has 0 aliphatic rings. The molecule has 3 N–H and O–H groups in total. The number of nitrogens with one attached hydrogen (secondary N) is 3. The summed E-state index contributed by atoms with van der Waals surface area (Å²) >= 11 is 0. The molecular formula is C20H21N5O7. The maximum Gasteiger partial charge on any atom is 0.321 e. The summed E-state index contributed by atoms with van der Waals surface area (Å²) in [6.45, 7) is 1.42. The first kappa shape index (κ1) is 22.3.